The number of thioether (sulfide) groups is 1. The zero-order valence-corrected chi connectivity index (χ0v) is 23.5. The normalized spacial score (nSPS) is 11.7. The molecule has 1 atom stereocenters. The van der Waals surface area contributed by atoms with Gasteiger partial charge in [0.1, 0.15) is 17.6 Å². The van der Waals surface area contributed by atoms with Gasteiger partial charge in [-0.05, 0) is 41.3 Å². The molecule has 3 aromatic rings. The van der Waals surface area contributed by atoms with Crippen LogP contribution in [-0.4, -0.2) is 42.2 Å². The molecule has 0 saturated carbocycles. The molecule has 0 aliphatic heterocycles. The predicted molar refractivity (Wildman–Crippen MR) is 153 cm³/mol. The summed E-state index contributed by atoms with van der Waals surface area (Å²) in [6.45, 7) is 4.78. The topological polar surface area (TPSA) is 58.6 Å². The van der Waals surface area contributed by atoms with E-state index in [0.717, 1.165) is 11.1 Å². The monoisotopic (exact) mass is 556 g/mol. The van der Waals surface area contributed by atoms with Crippen molar-refractivity contribution in [3.63, 3.8) is 0 Å². The fourth-order valence-electron chi connectivity index (χ4n) is 3.94. The first kappa shape index (κ1) is 29.5. The Bertz CT molecular complexity index is 1190. The molecule has 0 aromatic heterocycles. The lowest BCUT2D eigenvalue weighted by Crippen LogP contribution is -2.51. The first-order chi connectivity index (χ1) is 18.3. The Morgan fingerprint density at radius 3 is 2.42 bits per heavy atom. The molecule has 0 unspecified atom stereocenters. The van der Waals surface area contributed by atoms with E-state index in [9.17, 15) is 14.0 Å². The van der Waals surface area contributed by atoms with Crippen LogP contribution in [0.15, 0.2) is 72.8 Å². The molecule has 0 fully saturated rings. The van der Waals surface area contributed by atoms with Gasteiger partial charge in [0.15, 0.2) is 0 Å². The molecular formula is C30H34ClFN2O3S. The highest BCUT2D eigenvalue weighted by Gasteiger charge is 2.30. The Balaban J connectivity index is 1.88. The van der Waals surface area contributed by atoms with Crippen molar-refractivity contribution in [2.45, 2.75) is 38.6 Å². The van der Waals surface area contributed by atoms with Gasteiger partial charge in [-0.1, -0.05) is 74.0 Å². The minimum Gasteiger partial charge on any atom is -0.497 e. The van der Waals surface area contributed by atoms with Gasteiger partial charge in [0, 0.05) is 35.8 Å². The second kappa shape index (κ2) is 14.8. The van der Waals surface area contributed by atoms with E-state index >= 15 is 0 Å². The molecule has 2 amide bonds. The molecule has 38 heavy (non-hydrogen) atoms. The molecule has 0 radical (unpaired) electrons. The third kappa shape index (κ3) is 8.77. The average molecular weight is 557 g/mol. The van der Waals surface area contributed by atoms with Crippen LogP contribution in [0.1, 0.15) is 30.5 Å². The van der Waals surface area contributed by atoms with Crippen LogP contribution in [-0.2, 0) is 28.3 Å². The van der Waals surface area contributed by atoms with Crippen molar-refractivity contribution in [3.05, 3.63) is 100 Å². The summed E-state index contributed by atoms with van der Waals surface area (Å²) in [5, 5.41) is 3.34. The number of carbonyl (C=O) groups excluding carboxylic acids is 2. The number of hydrogen-bond donors (Lipinski definition) is 1. The predicted octanol–water partition coefficient (Wildman–Crippen LogP) is 6.13. The molecule has 0 bridgehead atoms. The fraction of sp³-hybridized carbons (Fsp3) is 0.333. The number of ether oxygens (including phenoxy) is 1. The minimum absolute atomic E-state index is 0.0668. The van der Waals surface area contributed by atoms with Crippen molar-refractivity contribution in [1.29, 1.82) is 0 Å². The molecule has 3 aromatic carbocycles. The SMILES string of the molecule is COc1cccc(CN(C(=O)CSCc2c(F)cccc2Cl)[C@H](Cc2ccccc2)C(=O)NCC(C)C)c1. The third-order valence-electron chi connectivity index (χ3n) is 5.98. The number of carbonyl (C=O) groups is 2. The fourth-order valence-corrected chi connectivity index (χ4v) is 5.19. The Labute approximate surface area is 233 Å². The maximum atomic E-state index is 14.3. The lowest BCUT2D eigenvalue weighted by Gasteiger charge is -2.32. The second-order valence-electron chi connectivity index (χ2n) is 9.41. The van der Waals surface area contributed by atoms with Crippen LogP contribution in [0.25, 0.3) is 0 Å². The summed E-state index contributed by atoms with van der Waals surface area (Å²) < 4.78 is 19.6. The molecule has 0 heterocycles. The highest BCUT2D eigenvalue weighted by atomic mass is 35.5. The Morgan fingerprint density at radius 2 is 1.74 bits per heavy atom. The maximum absolute atomic E-state index is 14.3. The van der Waals surface area contributed by atoms with Crippen molar-refractivity contribution >= 4 is 35.2 Å². The number of methoxy groups -OCH3 is 1. The van der Waals surface area contributed by atoms with Crippen molar-refractivity contribution < 1.29 is 18.7 Å². The van der Waals surface area contributed by atoms with Gasteiger partial charge in [-0.3, -0.25) is 9.59 Å². The van der Waals surface area contributed by atoms with Crippen LogP contribution in [0, 0.1) is 11.7 Å². The number of benzene rings is 3. The molecule has 0 aliphatic rings. The van der Waals surface area contributed by atoms with E-state index in [4.69, 9.17) is 16.3 Å². The van der Waals surface area contributed by atoms with E-state index in [1.807, 2.05) is 68.4 Å². The van der Waals surface area contributed by atoms with Gasteiger partial charge < -0.3 is 15.0 Å². The summed E-state index contributed by atoms with van der Waals surface area (Å²) in [7, 11) is 1.59. The molecule has 0 spiro atoms. The number of halogens is 2. The van der Waals surface area contributed by atoms with Crippen LogP contribution in [0.3, 0.4) is 0 Å². The van der Waals surface area contributed by atoms with Crippen LogP contribution in [0.2, 0.25) is 5.02 Å². The molecule has 8 heteroatoms. The van der Waals surface area contributed by atoms with E-state index in [-0.39, 0.29) is 35.8 Å². The smallest absolute Gasteiger partial charge is 0.243 e. The summed E-state index contributed by atoms with van der Waals surface area (Å²) in [6.07, 6.45) is 0.365. The van der Waals surface area contributed by atoms with Gasteiger partial charge in [-0.2, -0.15) is 0 Å². The summed E-state index contributed by atoms with van der Waals surface area (Å²) in [4.78, 5) is 28.8. The summed E-state index contributed by atoms with van der Waals surface area (Å²) >= 11 is 7.44. The second-order valence-corrected chi connectivity index (χ2v) is 10.8. The Hall–Kier alpha value is -3.03. The summed E-state index contributed by atoms with van der Waals surface area (Å²) in [5.41, 5.74) is 2.16. The van der Waals surface area contributed by atoms with Crippen LogP contribution in [0.5, 0.6) is 5.75 Å². The van der Waals surface area contributed by atoms with Crippen LogP contribution >= 0.6 is 23.4 Å². The van der Waals surface area contributed by atoms with E-state index < -0.39 is 11.9 Å². The molecule has 5 nitrogen and oxygen atoms in total. The van der Waals surface area contributed by atoms with Gasteiger partial charge >= 0.3 is 0 Å². The Kier molecular flexibility index (Phi) is 11.5. The lowest BCUT2D eigenvalue weighted by atomic mass is 10.0. The van der Waals surface area contributed by atoms with Crippen molar-refractivity contribution in [1.82, 2.24) is 10.2 Å². The van der Waals surface area contributed by atoms with E-state index in [1.165, 1.54) is 17.8 Å². The number of hydrogen-bond acceptors (Lipinski definition) is 4. The van der Waals surface area contributed by atoms with Gasteiger partial charge in [-0.25, -0.2) is 4.39 Å². The number of rotatable bonds is 13. The molecule has 1 N–H and O–H groups in total. The van der Waals surface area contributed by atoms with Gasteiger partial charge in [-0.15, -0.1) is 11.8 Å². The number of nitrogens with zero attached hydrogens (tertiary/aromatic N) is 1. The van der Waals surface area contributed by atoms with Gasteiger partial charge in [0.2, 0.25) is 11.8 Å². The minimum atomic E-state index is -0.729. The van der Waals surface area contributed by atoms with E-state index in [0.29, 0.717) is 29.3 Å². The average Bonchev–Trinajstić information content (AvgIpc) is 2.91. The largest absolute Gasteiger partial charge is 0.497 e. The maximum Gasteiger partial charge on any atom is 0.243 e. The summed E-state index contributed by atoms with van der Waals surface area (Å²) in [6, 6.07) is 20.9. The zero-order valence-electron chi connectivity index (χ0n) is 22.0. The lowest BCUT2D eigenvalue weighted by molar-refractivity contribution is -0.139. The van der Waals surface area contributed by atoms with Crippen molar-refractivity contribution in [3.8, 4) is 5.75 Å². The van der Waals surface area contributed by atoms with Crippen LogP contribution in [0.4, 0.5) is 4.39 Å². The summed E-state index contributed by atoms with van der Waals surface area (Å²) in [5.74, 6) is 0.416. The first-order valence-corrected chi connectivity index (χ1v) is 14.1. The van der Waals surface area contributed by atoms with Gasteiger partial charge in [0.05, 0.1) is 12.9 Å². The number of nitrogens with one attached hydrogen (secondary N) is 1. The molecule has 0 aliphatic carbocycles. The highest BCUT2D eigenvalue weighted by Crippen LogP contribution is 2.25. The molecule has 202 valence electrons. The zero-order chi connectivity index (χ0) is 27.5. The molecule has 0 saturated heterocycles. The van der Waals surface area contributed by atoms with E-state index in [1.54, 1.807) is 24.1 Å². The first-order valence-electron chi connectivity index (χ1n) is 12.5. The Morgan fingerprint density at radius 1 is 1.03 bits per heavy atom. The standard InChI is InChI=1S/C30H34ClFN2O3S/c1-21(2)17-33-30(36)28(16-22-9-5-4-6-10-22)34(18-23-11-7-12-24(15-23)37-3)29(35)20-38-19-25-26(31)13-8-14-27(25)32/h4-15,21,28H,16-20H2,1-3H3,(H,33,36)/t28-/m1/s1. The quantitative estimate of drug-likeness (QED) is 0.275. The van der Waals surface area contributed by atoms with Crippen molar-refractivity contribution in [2.75, 3.05) is 19.4 Å². The van der Waals surface area contributed by atoms with E-state index in [2.05, 4.69) is 5.32 Å². The highest BCUT2D eigenvalue weighted by molar-refractivity contribution is 7.99. The molecule has 3 rings (SSSR count). The van der Waals surface area contributed by atoms with Crippen molar-refractivity contribution in [2.24, 2.45) is 5.92 Å². The van der Waals surface area contributed by atoms with Gasteiger partial charge in [0.25, 0.3) is 0 Å². The molecular weight excluding hydrogens is 523 g/mol. The number of amides is 2. The van der Waals surface area contributed by atoms with Crippen LogP contribution < -0.4 is 10.1 Å². The third-order valence-corrected chi connectivity index (χ3v) is 7.27.